The molecule has 2 aromatic carbocycles. The summed E-state index contributed by atoms with van der Waals surface area (Å²) in [7, 11) is 0. The number of rotatable bonds is 12. The smallest absolute Gasteiger partial charge is 0.326 e. The van der Waals surface area contributed by atoms with Gasteiger partial charge in [0.15, 0.2) is 0 Å². The van der Waals surface area contributed by atoms with Gasteiger partial charge in [0, 0.05) is 12.1 Å². The van der Waals surface area contributed by atoms with E-state index in [1.54, 1.807) is 24.3 Å². The molecule has 0 bridgehead atoms. The molecule has 0 saturated heterocycles. The minimum absolute atomic E-state index is 0.0709. The number of carbonyl (C=O) groups excluding carboxylic acids is 1. The average molecular weight is 498 g/mol. The lowest BCUT2D eigenvalue weighted by Crippen LogP contribution is -2.42. The van der Waals surface area contributed by atoms with E-state index in [2.05, 4.69) is 17.2 Å². The molecule has 3 rings (SSSR count). The van der Waals surface area contributed by atoms with Gasteiger partial charge < -0.3 is 20.9 Å². The molecular weight excluding hydrogens is 468 g/mol. The van der Waals surface area contributed by atoms with Gasteiger partial charge in [0.05, 0.1) is 6.61 Å². The monoisotopic (exact) mass is 497 g/mol. The lowest BCUT2D eigenvalue weighted by molar-refractivity contribution is -0.139. The van der Waals surface area contributed by atoms with Crippen LogP contribution in [0.25, 0.3) is 0 Å². The summed E-state index contributed by atoms with van der Waals surface area (Å²) in [6.45, 7) is 2.55. The first-order valence-corrected chi connectivity index (χ1v) is 11.7. The molecule has 0 saturated carbocycles. The highest BCUT2D eigenvalue weighted by molar-refractivity contribution is 5.97. The molecule has 7 nitrogen and oxygen atoms in total. The molecule has 0 aliphatic rings. The fourth-order valence-electron chi connectivity index (χ4n) is 3.71. The van der Waals surface area contributed by atoms with Crippen LogP contribution in [0.4, 0.5) is 14.6 Å². The minimum atomic E-state index is -1.37. The highest BCUT2D eigenvalue weighted by atomic mass is 19.1. The topological polar surface area (TPSA) is 115 Å². The van der Waals surface area contributed by atoms with Crippen molar-refractivity contribution in [3.05, 3.63) is 88.6 Å². The van der Waals surface area contributed by atoms with Gasteiger partial charge in [-0.3, -0.25) is 4.79 Å². The van der Waals surface area contributed by atoms with Crippen LogP contribution in [0.2, 0.25) is 0 Å². The zero-order valence-corrected chi connectivity index (χ0v) is 20.0. The van der Waals surface area contributed by atoms with E-state index in [4.69, 9.17) is 10.5 Å². The Morgan fingerprint density at radius 2 is 1.75 bits per heavy atom. The number of amides is 1. The number of aromatic nitrogens is 1. The van der Waals surface area contributed by atoms with Crippen molar-refractivity contribution in [1.82, 2.24) is 10.3 Å². The van der Waals surface area contributed by atoms with Gasteiger partial charge in [-0.15, -0.1) is 0 Å². The van der Waals surface area contributed by atoms with Crippen molar-refractivity contribution < 1.29 is 28.2 Å². The van der Waals surface area contributed by atoms with Crippen LogP contribution in [0.1, 0.15) is 46.9 Å². The van der Waals surface area contributed by atoms with Gasteiger partial charge in [0.1, 0.15) is 34.8 Å². The van der Waals surface area contributed by atoms with Crippen molar-refractivity contribution in [1.29, 1.82) is 0 Å². The zero-order valence-electron chi connectivity index (χ0n) is 20.0. The number of hydrogen-bond donors (Lipinski definition) is 3. The van der Waals surface area contributed by atoms with E-state index in [9.17, 15) is 23.5 Å². The number of ether oxygens (including phenoxy) is 1. The Labute approximate surface area is 208 Å². The van der Waals surface area contributed by atoms with E-state index >= 15 is 0 Å². The number of hydrogen-bond acceptors (Lipinski definition) is 5. The number of halogens is 2. The van der Waals surface area contributed by atoms with Gasteiger partial charge >= 0.3 is 5.97 Å². The molecule has 0 aliphatic heterocycles. The highest BCUT2D eigenvalue weighted by Gasteiger charge is 2.24. The number of anilines is 1. The maximum Gasteiger partial charge on any atom is 0.326 e. The van der Waals surface area contributed by atoms with Crippen molar-refractivity contribution in [2.45, 2.75) is 45.1 Å². The second-order valence-electron chi connectivity index (χ2n) is 8.36. The van der Waals surface area contributed by atoms with Gasteiger partial charge in [-0.2, -0.15) is 0 Å². The van der Waals surface area contributed by atoms with Gasteiger partial charge in [-0.05, 0) is 60.7 Å². The largest absolute Gasteiger partial charge is 0.494 e. The van der Waals surface area contributed by atoms with Gasteiger partial charge in [0.25, 0.3) is 5.91 Å². The standard InChI is InChI=1S/C27H29F2N3O4/c1-2-5-18-11-12-19(31-25(18)30)6-4-15-36-20-13-9-17(10-14-20)16-23(27(34)35)32-26(33)24-21(28)7-3-8-22(24)29/h3,7-14,23H,2,4-6,15-16H2,1H3,(H2,30,31)(H,32,33)(H,34,35)/t23-/m0/s1. The number of carboxylic acids is 1. The molecule has 0 radical (unpaired) electrons. The molecule has 3 aromatic rings. The van der Waals surface area contributed by atoms with Crippen LogP contribution in [0.5, 0.6) is 5.75 Å². The second-order valence-corrected chi connectivity index (χ2v) is 8.36. The highest BCUT2D eigenvalue weighted by Crippen LogP contribution is 2.17. The van der Waals surface area contributed by atoms with Crippen molar-refractivity contribution in [2.75, 3.05) is 12.3 Å². The first-order valence-electron chi connectivity index (χ1n) is 11.7. The van der Waals surface area contributed by atoms with Crippen LogP contribution in [0, 0.1) is 11.6 Å². The summed E-state index contributed by atoms with van der Waals surface area (Å²) >= 11 is 0. The van der Waals surface area contributed by atoms with Crippen LogP contribution in [0.15, 0.2) is 54.6 Å². The number of aryl methyl sites for hydroxylation is 2. The van der Waals surface area contributed by atoms with Gasteiger partial charge in [-0.1, -0.05) is 37.6 Å². The third-order valence-corrected chi connectivity index (χ3v) is 5.59. The number of aliphatic carboxylic acids is 1. The number of nitrogens with two attached hydrogens (primary N) is 1. The van der Waals surface area contributed by atoms with E-state index in [0.717, 1.165) is 55.1 Å². The Hall–Kier alpha value is -4.01. The van der Waals surface area contributed by atoms with Crippen LogP contribution >= 0.6 is 0 Å². The lowest BCUT2D eigenvalue weighted by Gasteiger charge is -2.15. The van der Waals surface area contributed by atoms with Gasteiger partial charge in [0.2, 0.25) is 0 Å². The second kappa shape index (κ2) is 12.6. The quantitative estimate of drug-likeness (QED) is 0.321. The number of benzene rings is 2. The van der Waals surface area contributed by atoms with Crippen LogP contribution < -0.4 is 15.8 Å². The summed E-state index contributed by atoms with van der Waals surface area (Å²) in [5, 5.41) is 11.7. The summed E-state index contributed by atoms with van der Waals surface area (Å²) in [4.78, 5) is 28.3. The molecule has 1 aromatic heterocycles. The number of pyridine rings is 1. The molecule has 0 unspecified atom stereocenters. The van der Waals surface area contributed by atoms with Crippen LogP contribution in [-0.4, -0.2) is 34.6 Å². The molecule has 36 heavy (non-hydrogen) atoms. The predicted octanol–water partition coefficient (Wildman–Crippen LogP) is 4.33. The minimum Gasteiger partial charge on any atom is -0.494 e. The Morgan fingerprint density at radius 3 is 2.36 bits per heavy atom. The van der Waals surface area contributed by atoms with Crippen LogP contribution in [-0.2, 0) is 24.1 Å². The van der Waals surface area contributed by atoms with Crippen molar-refractivity contribution >= 4 is 17.7 Å². The summed E-state index contributed by atoms with van der Waals surface area (Å²) in [5.74, 6) is -3.40. The molecule has 190 valence electrons. The van der Waals surface area contributed by atoms with E-state index in [0.29, 0.717) is 23.7 Å². The summed E-state index contributed by atoms with van der Waals surface area (Å²) in [6.07, 6.45) is 3.30. The molecule has 0 spiro atoms. The third kappa shape index (κ3) is 7.24. The normalized spacial score (nSPS) is 11.6. The molecule has 4 N–H and O–H groups in total. The van der Waals surface area contributed by atoms with Crippen molar-refractivity contribution in [2.24, 2.45) is 0 Å². The van der Waals surface area contributed by atoms with Crippen molar-refractivity contribution in [3.8, 4) is 5.75 Å². The Morgan fingerprint density at radius 1 is 1.06 bits per heavy atom. The molecule has 1 heterocycles. The van der Waals surface area contributed by atoms with E-state index in [-0.39, 0.29) is 6.42 Å². The fraction of sp³-hybridized carbons (Fsp3) is 0.296. The maximum atomic E-state index is 13.8. The maximum absolute atomic E-state index is 13.8. The average Bonchev–Trinajstić information content (AvgIpc) is 2.84. The molecular formula is C27H29F2N3O4. The van der Waals surface area contributed by atoms with Crippen LogP contribution in [0.3, 0.4) is 0 Å². The fourth-order valence-corrected chi connectivity index (χ4v) is 3.71. The zero-order chi connectivity index (χ0) is 26.1. The lowest BCUT2D eigenvalue weighted by atomic mass is 10.0. The van der Waals surface area contributed by atoms with E-state index in [1.807, 2.05) is 12.1 Å². The third-order valence-electron chi connectivity index (χ3n) is 5.59. The Balaban J connectivity index is 1.50. The molecule has 1 amide bonds. The first kappa shape index (κ1) is 26.6. The SMILES string of the molecule is CCCc1ccc(CCCOc2ccc(C[C@H](NC(=O)c3c(F)cccc3F)C(=O)O)cc2)nc1N. The van der Waals surface area contributed by atoms with Crippen molar-refractivity contribution in [3.63, 3.8) is 0 Å². The number of carbonyl (C=O) groups is 2. The van der Waals surface area contributed by atoms with Gasteiger partial charge in [-0.25, -0.2) is 18.6 Å². The molecule has 1 atom stereocenters. The number of nitrogens with one attached hydrogen (secondary N) is 1. The molecule has 0 aliphatic carbocycles. The Bertz CT molecular complexity index is 1180. The summed E-state index contributed by atoms with van der Waals surface area (Å²) in [6, 6.07) is 12.4. The summed E-state index contributed by atoms with van der Waals surface area (Å²) < 4.78 is 33.4. The molecule has 0 fully saturated rings. The van der Waals surface area contributed by atoms with E-state index in [1.165, 1.54) is 0 Å². The molecule has 9 heteroatoms. The number of carboxylic acid groups (broad SMARTS) is 1. The number of nitrogen functional groups attached to an aromatic ring is 1. The van der Waals surface area contributed by atoms with E-state index < -0.39 is 35.1 Å². The first-order chi connectivity index (χ1) is 17.3. The summed E-state index contributed by atoms with van der Waals surface area (Å²) in [5.41, 5.74) is 7.76. The Kier molecular flexibility index (Phi) is 9.32. The number of nitrogens with zero attached hydrogens (tertiary/aromatic N) is 1. The predicted molar refractivity (Wildman–Crippen MR) is 132 cm³/mol.